The molecule has 312 valence electrons. The van der Waals surface area contributed by atoms with Gasteiger partial charge >= 0.3 is 24.0 Å². The average Bonchev–Trinajstić information content (AvgIpc) is 3.07. The summed E-state index contributed by atoms with van der Waals surface area (Å²) in [5.41, 5.74) is -0.755. The number of alkyl halides is 1. The topological polar surface area (TPSA) is 129 Å². The number of benzene rings is 2. The highest BCUT2D eigenvalue weighted by Crippen LogP contribution is 2.27. The average molecular weight is 785 g/mol. The molecule has 56 heavy (non-hydrogen) atoms. The molecule has 0 aliphatic carbocycles. The van der Waals surface area contributed by atoms with Gasteiger partial charge in [-0.2, -0.15) is 0 Å². The fourth-order valence-electron chi connectivity index (χ4n) is 5.62. The van der Waals surface area contributed by atoms with Crippen LogP contribution in [0.15, 0.2) is 54.6 Å². The minimum atomic E-state index is -1.92. The van der Waals surface area contributed by atoms with Gasteiger partial charge in [-0.3, -0.25) is 9.69 Å². The van der Waals surface area contributed by atoms with Gasteiger partial charge in [-0.25, -0.2) is 23.6 Å². The first kappa shape index (κ1) is 47.7. The molecule has 0 spiro atoms. The van der Waals surface area contributed by atoms with E-state index in [-0.39, 0.29) is 30.3 Å². The van der Waals surface area contributed by atoms with Crippen LogP contribution in [0, 0.1) is 5.41 Å². The van der Waals surface area contributed by atoms with E-state index in [1.165, 1.54) is 39.8 Å². The number of carbonyl (C=O) groups excluding carboxylic acids is 5. The van der Waals surface area contributed by atoms with Gasteiger partial charge in [0.25, 0.3) is 5.91 Å². The highest BCUT2D eigenvalue weighted by Gasteiger charge is 2.41. The summed E-state index contributed by atoms with van der Waals surface area (Å²) in [6, 6.07) is 13.9. The van der Waals surface area contributed by atoms with Crippen molar-refractivity contribution in [2.45, 2.75) is 156 Å². The summed E-state index contributed by atoms with van der Waals surface area (Å²) in [6.07, 6.45) is -3.54. The van der Waals surface area contributed by atoms with E-state index in [4.69, 9.17) is 18.9 Å². The molecule has 0 aliphatic rings. The number of nitrogens with zero attached hydrogens (tertiary/aromatic N) is 2. The van der Waals surface area contributed by atoms with E-state index in [1.54, 1.807) is 32.9 Å². The van der Waals surface area contributed by atoms with Crippen molar-refractivity contribution < 1.29 is 47.3 Å². The molecule has 2 rings (SSSR count). The Morgan fingerprint density at radius 1 is 0.696 bits per heavy atom. The molecule has 4 atom stereocenters. The minimum Gasteiger partial charge on any atom is -0.458 e. The van der Waals surface area contributed by atoms with Crippen molar-refractivity contribution in [2.24, 2.45) is 5.41 Å². The van der Waals surface area contributed by atoms with Crippen LogP contribution in [-0.2, 0) is 56.6 Å². The summed E-state index contributed by atoms with van der Waals surface area (Å²) < 4.78 is 37.6. The Morgan fingerprint density at radius 2 is 1.25 bits per heavy atom. The smallest absolute Gasteiger partial charge is 0.410 e. The molecule has 2 aromatic carbocycles. The van der Waals surface area contributed by atoms with E-state index in [0.29, 0.717) is 12.0 Å². The van der Waals surface area contributed by atoms with Crippen molar-refractivity contribution >= 4 is 29.9 Å². The zero-order valence-corrected chi connectivity index (χ0v) is 36.0. The zero-order chi connectivity index (χ0) is 42.8. The quantitative estimate of drug-likeness (QED) is 0.122. The van der Waals surface area contributed by atoms with Crippen LogP contribution in [0.3, 0.4) is 0 Å². The molecular formula is C44H65FN2O9. The van der Waals surface area contributed by atoms with Gasteiger partial charge in [-0.05, 0) is 81.9 Å². The Labute approximate surface area is 333 Å². The SMILES string of the molecule is C[C@@H](OC(=O)[C@H](CCC(C)(C)C)N(C)C(=O)[C@@H](Cc1ccc(C(C)(C)C)cc1)OC(=O)[C@H](CC(C)(C)F)N(C)C(=O)OC(C)(C)C)C(=O)OCc1ccccc1. The Hall–Kier alpha value is -4.48. The predicted octanol–water partition coefficient (Wildman–Crippen LogP) is 8.14. The molecule has 0 saturated carbocycles. The van der Waals surface area contributed by atoms with Crippen LogP contribution in [0.5, 0.6) is 0 Å². The number of rotatable bonds is 16. The lowest BCUT2D eigenvalue weighted by Gasteiger charge is -2.34. The summed E-state index contributed by atoms with van der Waals surface area (Å²) >= 11 is 0. The van der Waals surface area contributed by atoms with Crippen molar-refractivity contribution in [1.29, 1.82) is 0 Å². The molecule has 0 aromatic heterocycles. The molecule has 12 heteroatoms. The Balaban J connectivity index is 2.50. The summed E-state index contributed by atoms with van der Waals surface area (Å²) in [7, 11) is 2.72. The predicted molar refractivity (Wildman–Crippen MR) is 213 cm³/mol. The van der Waals surface area contributed by atoms with Crippen molar-refractivity contribution in [3.05, 3.63) is 71.3 Å². The van der Waals surface area contributed by atoms with Crippen molar-refractivity contribution in [2.75, 3.05) is 14.1 Å². The van der Waals surface area contributed by atoms with E-state index in [9.17, 15) is 24.0 Å². The number of halogens is 1. The van der Waals surface area contributed by atoms with Gasteiger partial charge in [-0.15, -0.1) is 0 Å². The monoisotopic (exact) mass is 784 g/mol. The van der Waals surface area contributed by atoms with Gasteiger partial charge in [0.1, 0.15) is 30.0 Å². The number of hydrogen-bond acceptors (Lipinski definition) is 9. The number of esters is 3. The van der Waals surface area contributed by atoms with Crippen LogP contribution in [0.25, 0.3) is 0 Å². The first-order valence-corrected chi connectivity index (χ1v) is 19.2. The Bertz CT molecular complexity index is 1620. The van der Waals surface area contributed by atoms with E-state index < -0.39 is 71.9 Å². The maximum Gasteiger partial charge on any atom is 0.410 e. The minimum absolute atomic E-state index is 0.0130. The Kier molecular flexibility index (Phi) is 16.7. The van der Waals surface area contributed by atoms with Gasteiger partial charge in [0.15, 0.2) is 12.2 Å². The maximum atomic E-state index is 15.2. The fourth-order valence-corrected chi connectivity index (χ4v) is 5.62. The second-order valence-electron chi connectivity index (χ2n) is 18.3. The second kappa shape index (κ2) is 19.6. The van der Waals surface area contributed by atoms with Gasteiger partial charge in [0.2, 0.25) is 0 Å². The zero-order valence-electron chi connectivity index (χ0n) is 36.0. The van der Waals surface area contributed by atoms with E-state index in [1.807, 2.05) is 63.2 Å². The molecule has 0 fully saturated rings. The summed E-state index contributed by atoms with van der Waals surface area (Å²) in [6.45, 7) is 21.1. The molecular weight excluding hydrogens is 719 g/mol. The first-order chi connectivity index (χ1) is 25.6. The van der Waals surface area contributed by atoms with Crippen LogP contribution in [0.4, 0.5) is 9.18 Å². The number of ether oxygens (including phenoxy) is 4. The molecule has 11 nitrogen and oxygen atoms in total. The second-order valence-corrected chi connectivity index (χ2v) is 18.3. The Morgan fingerprint density at radius 3 is 1.75 bits per heavy atom. The standard InChI is InChI=1S/C44H65FN2O9/c1-29(37(49)53-28-31-18-16-15-17-19-31)54-38(50)33(24-25-41(2,3)4)46(13)36(48)35(26-30-20-22-32(23-21-30)42(5,6)7)55-39(51)34(27-44(11,12)45)47(14)40(52)56-43(8,9)10/h15-23,29,33-35H,24-28H2,1-14H3/t29-,33+,34+,35-/m1/s1. The van der Waals surface area contributed by atoms with Crippen LogP contribution in [0.2, 0.25) is 0 Å². The highest BCUT2D eigenvalue weighted by molar-refractivity contribution is 5.90. The lowest BCUT2D eigenvalue weighted by atomic mass is 9.86. The molecule has 0 bridgehead atoms. The molecule has 0 N–H and O–H groups in total. The largest absolute Gasteiger partial charge is 0.458 e. The fraction of sp³-hybridized carbons (Fsp3) is 0.614. The molecule has 0 aliphatic heterocycles. The van der Waals surface area contributed by atoms with Gasteiger partial charge < -0.3 is 23.8 Å². The van der Waals surface area contributed by atoms with Crippen LogP contribution < -0.4 is 0 Å². The lowest BCUT2D eigenvalue weighted by Crippen LogP contribution is -2.52. The number of amides is 2. The number of carbonyl (C=O) groups is 5. The van der Waals surface area contributed by atoms with Gasteiger partial charge in [0, 0.05) is 26.9 Å². The molecule has 0 saturated heterocycles. The van der Waals surface area contributed by atoms with Crippen LogP contribution >= 0.6 is 0 Å². The molecule has 2 amide bonds. The first-order valence-electron chi connectivity index (χ1n) is 19.2. The third-order valence-electron chi connectivity index (χ3n) is 8.98. The molecule has 0 radical (unpaired) electrons. The highest BCUT2D eigenvalue weighted by atomic mass is 19.1. The normalized spacial score (nSPS) is 14.4. The number of likely N-dealkylation sites (N-methyl/N-ethyl adjacent to an activating group) is 2. The van der Waals surface area contributed by atoms with Crippen LogP contribution in [0.1, 0.15) is 119 Å². The molecule has 0 heterocycles. The third-order valence-corrected chi connectivity index (χ3v) is 8.98. The summed E-state index contributed by atoms with van der Waals surface area (Å²) in [4.78, 5) is 70.5. The van der Waals surface area contributed by atoms with E-state index >= 15 is 4.39 Å². The molecule has 2 aromatic rings. The molecule has 0 unspecified atom stereocenters. The van der Waals surface area contributed by atoms with Crippen LogP contribution in [-0.4, -0.2) is 89.4 Å². The van der Waals surface area contributed by atoms with Crippen molar-refractivity contribution in [3.8, 4) is 0 Å². The van der Waals surface area contributed by atoms with E-state index in [2.05, 4.69) is 20.8 Å². The van der Waals surface area contributed by atoms with Gasteiger partial charge in [0.05, 0.1) is 0 Å². The summed E-state index contributed by atoms with van der Waals surface area (Å²) in [5.74, 6) is -3.35. The van der Waals surface area contributed by atoms with Crippen molar-refractivity contribution in [3.63, 3.8) is 0 Å². The third kappa shape index (κ3) is 16.3. The maximum absolute atomic E-state index is 15.2. The lowest BCUT2D eigenvalue weighted by molar-refractivity contribution is -0.174. The van der Waals surface area contributed by atoms with Gasteiger partial charge in [-0.1, -0.05) is 96.1 Å². The van der Waals surface area contributed by atoms with Crippen molar-refractivity contribution in [1.82, 2.24) is 9.80 Å². The number of hydrogen-bond donors (Lipinski definition) is 0. The summed E-state index contributed by atoms with van der Waals surface area (Å²) in [5, 5.41) is 0. The van der Waals surface area contributed by atoms with E-state index in [0.717, 1.165) is 16.0 Å².